The highest BCUT2D eigenvalue weighted by atomic mass is 19.1. The van der Waals surface area contributed by atoms with Gasteiger partial charge in [0.2, 0.25) is 0 Å². The molecule has 0 heterocycles. The molecule has 0 bridgehead atoms. The number of hydrogen-bond acceptors (Lipinski definition) is 3. The Hall–Kier alpha value is -1.13. The molecule has 1 rings (SSSR count). The average molecular weight is 268 g/mol. The van der Waals surface area contributed by atoms with Crippen LogP contribution < -0.4 is 10.2 Å². The molecule has 0 saturated carbocycles. The second-order valence-corrected chi connectivity index (χ2v) is 4.93. The van der Waals surface area contributed by atoms with E-state index in [0.29, 0.717) is 24.6 Å². The molecule has 0 spiro atoms. The Bertz CT molecular complexity index is 382. The van der Waals surface area contributed by atoms with Gasteiger partial charge in [-0.15, -0.1) is 0 Å². The van der Waals surface area contributed by atoms with Crippen LogP contribution >= 0.6 is 0 Å². The van der Waals surface area contributed by atoms with Crippen LogP contribution in [0.15, 0.2) is 18.2 Å². The molecule has 19 heavy (non-hydrogen) atoms. The van der Waals surface area contributed by atoms with E-state index in [9.17, 15) is 4.39 Å². The Morgan fingerprint density at radius 2 is 2.11 bits per heavy atom. The quantitative estimate of drug-likeness (QED) is 0.760. The van der Waals surface area contributed by atoms with Crippen LogP contribution in [0.4, 0.5) is 10.1 Å². The first kappa shape index (κ1) is 15.9. The number of nitrogens with one attached hydrogen (secondary N) is 1. The van der Waals surface area contributed by atoms with Gasteiger partial charge in [0.15, 0.2) is 0 Å². The number of hydrogen-bond donors (Lipinski definition) is 2. The number of benzene rings is 1. The number of aliphatic hydroxyl groups is 1. The Kier molecular flexibility index (Phi) is 6.81. The number of anilines is 1. The number of aliphatic hydroxyl groups excluding tert-OH is 1. The first-order valence-corrected chi connectivity index (χ1v) is 6.96. The summed E-state index contributed by atoms with van der Waals surface area (Å²) in [6.07, 6.45) is 0.696. The van der Waals surface area contributed by atoms with E-state index in [2.05, 4.69) is 10.2 Å². The van der Waals surface area contributed by atoms with E-state index in [0.717, 1.165) is 18.8 Å². The predicted molar refractivity (Wildman–Crippen MR) is 78.0 cm³/mol. The van der Waals surface area contributed by atoms with Crippen molar-refractivity contribution in [2.45, 2.75) is 39.8 Å². The molecule has 1 aromatic carbocycles. The van der Waals surface area contributed by atoms with Crippen molar-refractivity contribution >= 4 is 5.69 Å². The molecule has 0 aliphatic rings. The third-order valence-electron chi connectivity index (χ3n) is 3.09. The van der Waals surface area contributed by atoms with Gasteiger partial charge in [0.1, 0.15) is 5.82 Å². The first-order chi connectivity index (χ1) is 9.10. The molecule has 0 saturated heterocycles. The second kappa shape index (κ2) is 8.12. The lowest BCUT2D eigenvalue weighted by Crippen LogP contribution is -2.28. The van der Waals surface area contributed by atoms with Crippen LogP contribution in [0.25, 0.3) is 0 Å². The van der Waals surface area contributed by atoms with E-state index < -0.39 is 0 Å². The summed E-state index contributed by atoms with van der Waals surface area (Å²) in [6.45, 7) is 8.36. The van der Waals surface area contributed by atoms with Crippen molar-refractivity contribution in [3.63, 3.8) is 0 Å². The van der Waals surface area contributed by atoms with E-state index in [-0.39, 0.29) is 12.4 Å². The van der Waals surface area contributed by atoms with E-state index in [4.69, 9.17) is 5.11 Å². The van der Waals surface area contributed by atoms with Gasteiger partial charge in [0.25, 0.3) is 0 Å². The number of halogens is 1. The zero-order valence-corrected chi connectivity index (χ0v) is 12.1. The minimum absolute atomic E-state index is 0.158. The van der Waals surface area contributed by atoms with Crippen LogP contribution in [-0.2, 0) is 6.54 Å². The molecule has 3 nitrogen and oxygen atoms in total. The molecule has 4 heteroatoms. The fourth-order valence-corrected chi connectivity index (χ4v) is 2.04. The zero-order valence-electron chi connectivity index (χ0n) is 12.1. The van der Waals surface area contributed by atoms with Gasteiger partial charge in [0.05, 0.1) is 0 Å². The standard InChI is InChI=1S/C15H25FN2O/c1-4-18(9-6-10-19)15-8-5-7-14(16)13(15)11-17-12(2)3/h5,7-8,12,17,19H,4,6,9-11H2,1-3H3. The lowest BCUT2D eigenvalue weighted by Gasteiger charge is -2.26. The Morgan fingerprint density at radius 1 is 1.37 bits per heavy atom. The monoisotopic (exact) mass is 268 g/mol. The Morgan fingerprint density at radius 3 is 2.68 bits per heavy atom. The topological polar surface area (TPSA) is 35.5 Å². The zero-order chi connectivity index (χ0) is 14.3. The average Bonchev–Trinajstić information content (AvgIpc) is 2.38. The highest BCUT2D eigenvalue weighted by Crippen LogP contribution is 2.23. The molecule has 2 N–H and O–H groups in total. The summed E-state index contributed by atoms with van der Waals surface area (Å²) < 4.78 is 14.0. The number of nitrogens with zero attached hydrogens (tertiary/aromatic N) is 1. The van der Waals surface area contributed by atoms with Gasteiger partial charge in [-0.2, -0.15) is 0 Å². The van der Waals surface area contributed by atoms with E-state index in [1.54, 1.807) is 6.07 Å². The van der Waals surface area contributed by atoms with Crippen molar-refractivity contribution in [2.24, 2.45) is 0 Å². The first-order valence-electron chi connectivity index (χ1n) is 6.96. The third-order valence-corrected chi connectivity index (χ3v) is 3.09. The van der Waals surface area contributed by atoms with Gasteiger partial charge in [-0.3, -0.25) is 0 Å². The molecule has 0 radical (unpaired) electrons. The molecular formula is C15H25FN2O. The highest BCUT2D eigenvalue weighted by Gasteiger charge is 2.13. The van der Waals surface area contributed by atoms with Gasteiger partial charge in [-0.05, 0) is 25.5 Å². The van der Waals surface area contributed by atoms with Crippen molar-refractivity contribution in [3.8, 4) is 0 Å². The maximum atomic E-state index is 14.0. The SMILES string of the molecule is CCN(CCCO)c1cccc(F)c1CNC(C)C. The van der Waals surface area contributed by atoms with Gasteiger partial charge in [-0.25, -0.2) is 4.39 Å². The van der Waals surface area contributed by atoms with Crippen molar-refractivity contribution in [1.29, 1.82) is 0 Å². The third kappa shape index (κ3) is 4.80. The molecule has 1 aromatic rings. The maximum Gasteiger partial charge on any atom is 0.129 e. The Labute approximate surface area is 115 Å². The van der Waals surface area contributed by atoms with Crippen LogP contribution in [0.2, 0.25) is 0 Å². The fraction of sp³-hybridized carbons (Fsp3) is 0.600. The van der Waals surface area contributed by atoms with E-state index in [1.807, 2.05) is 26.8 Å². The molecular weight excluding hydrogens is 243 g/mol. The smallest absolute Gasteiger partial charge is 0.129 e. The summed E-state index contributed by atoms with van der Waals surface area (Å²) in [5.41, 5.74) is 1.63. The minimum atomic E-state index is -0.173. The molecule has 0 atom stereocenters. The normalized spacial score (nSPS) is 11.1. The summed E-state index contributed by atoms with van der Waals surface area (Å²) >= 11 is 0. The van der Waals surface area contributed by atoms with E-state index >= 15 is 0 Å². The summed E-state index contributed by atoms with van der Waals surface area (Å²) in [7, 11) is 0. The molecule has 0 fully saturated rings. The summed E-state index contributed by atoms with van der Waals surface area (Å²) in [5, 5.41) is 12.2. The van der Waals surface area contributed by atoms with Gasteiger partial charge < -0.3 is 15.3 Å². The lowest BCUT2D eigenvalue weighted by atomic mass is 10.1. The Balaban J connectivity index is 2.93. The minimum Gasteiger partial charge on any atom is -0.396 e. The second-order valence-electron chi connectivity index (χ2n) is 4.93. The van der Waals surface area contributed by atoms with Crippen molar-refractivity contribution < 1.29 is 9.50 Å². The molecule has 0 unspecified atom stereocenters. The fourth-order valence-electron chi connectivity index (χ4n) is 2.04. The largest absolute Gasteiger partial charge is 0.396 e. The molecule has 0 aliphatic carbocycles. The van der Waals surface area contributed by atoms with E-state index in [1.165, 1.54) is 6.07 Å². The predicted octanol–water partition coefficient (Wildman–Crippen LogP) is 2.53. The van der Waals surface area contributed by atoms with Crippen LogP contribution in [-0.4, -0.2) is 30.8 Å². The van der Waals surface area contributed by atoms with Gasteiger partial charge in [0, 0.05) is 43.5 Å². The van der Waals surface area contributed by atoms with Crippen molar-refractivity contribution in [2.75, 3.05) is 24.6 Å². The molecule has 0 amide bonds. The molecule has 108 valence electrons. The summed E-state index contributed by atoms with van der Waals surface area (Å²) in [5.74, 6) is -0.173. The van der Waals surface area contributed by atoms with Crippen LogP contribution in [0.3, 0.4) is 0 Å². The van der Waals surface area contributed by atoms with Crippen LogP contribution in [0.1, 0.15) is 32.8 Å². The van der Waals surface area contributed by atoms with Crippen LogP contribution in [0, 0.1) is 5.82 Å². The summed E-state index contributed by atoms with van der Waals surface area (Å²) in [6, 6.07) is 5.51. The number of rotatable bonds is 8. The van der Waals surface area contributed by atoms with Crippen LogP contribution in [0.5, 0.6) is 0 Å². The lowest BCUT2D eigenvalue weighted by molar-refractivity contribution is 0.289. The molecule has 0 aromatic heterocycles. The molecule has 0 aliphatic heterocycles. The summed E-state index contributed by atoms with van der Waals surface area (Å²) in [4.78, 5) is 2.11. The highest BCUT2D eigenvalue weighted by molar-refractivity contribution is 5.54. The van der Waals surface area contributed by atoms with Crippen molar-refractivity contribution in [1.82, 2.24) is 5.32 Å². The van der Waals surface area contributed by atoms with Gasteiger partial charge in [-0.1, -0.05) is 19.9 Å². The maximum absolute atomic E-state index is 14.0. The van der Waals surface area contributed by atoms with Gasteiger partial charge >= 0.3 is 0 Å². The van der Waals surface area contributed by atoms with Crippen molar-refractivity contribution in [3.05, 3.63) is 29.6 Å².